The van der Waals surface area contributed by atoms with Crippen LogP contribution in [0.5, 0.6) is 0 Å². The first-order valence-electron chi connectivity index (χ1n) is 2.57. The summed E-state index contributed by atoms with van der Waals surface area (Å²) in [6, 6.07) is 3.16. The minimum absolute atomic E-state index is 0.347. The highest BCUT2D eigenvalue weighted by Gasteiger charge is 1.90. The smallest absolute Gasteiger partial charge is 0.314 e. The molecule has 0 aliphatic carbocycles. The van der Waals surface area contributed by atoms with Crippen molar-refractivity contribution in [3.63, 3.8) is 0 Å². The second-order valence-corrected chi connectivity index (χ2v) is 1.98. The van der Waals surface area contributed by atoms with Crippen LogP contribution >= 0.6 is 11.6 Å². The van der Waals surface area contributed by atoms with E-state index in [2.05, 4.69) is 10.3 Å². The zero-order valence-corrected chi connectivity index (χ0v) is 5.72. The zero-order valence-electron chi connectivity index (χ0n) is 4.97. The standard InChI is InChI=1S/C6H4ClN2O/c7-6-3-5(9-4-10)1-2-8-6/h1-3H,(H,8,9,10). The monoisotopic (exact) mass is 155 g/mol. The molecule has 1 heterocycles. The molecule has 0 aromatic carbocycles. The van der Waals surface area contributed by atoms with Crippen molar-refractivity contribution in [3.8, 4) is 0 Å². The molecular weight excluding hydrogens is 152 g/mol. The van der Waals surface area contributed by atoms with Gasteiger partial charge in [0, 0.05) is 11.9 Å². The third-order valence-corrected chi connectivity index (χ3v) is 1.13. The van der Waals surface area contributed by atoms with E-state index in [1.807, 2.05) is 0 Å². The lowest BCUT2D eigenvalue weighted by Gasteiger charge is -1.94. The summed E-state index contributed by atoms with van der Waals surface area (Å²) in [5.41, 5.74) is 0.593. The molecule has 1 aromatic rings. The molecule has 1 rings (SSSR count). The summed E-state index contributed by atoms with van der Waals surface area (Å²) in [5.74, 6) is 0. The molecule has 1 aromatic heterocycles. The molecule has 0 atom stereocenters. The average Bonchev–Trinajstić information content (AvgIpc) is 1.88. The second kappa shape index (κ2) is 3.17. The van der Waals surface area contributed by atoms with E-state index in [1.54, 1.807) is 6.07 Å². The van der Waals surface area contributed by atoms with E-state index in [0.717, 1.165) is 0 Å². The topological polar surface area (TPSA) is 42.0 Å². The predicted octanol–water partition coefficient (Wildman–Crippen LogP) is 1.21. The minimum Gasteiger partial charge on any atom is -0.318 e. The Morgan fingerprint density at radius 2 is 2.50 bits per heavy atom. The maximum absolute atomic E-state index is 9.79. The number of pyridine rings is 1. The summed E-state index contributed by atoms with van der Waals surface area (Å²) >= 11 is 5.50. The SMILES string of the molecule is O=[C]Nc1ccnc(Cl)c1. The van der Waals surface area contributed by atoms with Crippen molar-refractivity contribution in [2.45, 2.75) is 0 Å². The summed E-state index contributed by atoms with van der Waals surface area (Å²) in [4.78, 5) is 13.5. The molecule has 51 valence electrons. The first-order valence-corrected chi connectivity index (χ1v) is 2.95. The van der Waals surface area contributed by atoms with Gasteiger partial charge in [0.1, 0.15) is 5.15 Å². The van der Waals surface area contributed by atoms with Gasteiger partial charge in [-0.15, -0.1) is 0 Å². The Hall–Kier alpha value is -1.09. The molecule has 1 N–H and O–H groups in total. The van der Waals surface area contributed by atoms with Gasteiger partial charge in [0.15, 0.2) is 0 Å². The fourth-order valence-corrected chi connectivity index (χ4v) is 0.713. The van der Waals surface area contributed by atoms with Crippen LogP contribution < -0.4 is 5.32 Å². The number of rotatable bonds is 2. The van der Waals surface area contributed by atoms with Crippen molar-refractivity contribution in [3.05, 3.63) is 23.5 Å². The number of anilines is 1. The highest BCUT2D eigenvalue weighted by molar-refractivity contribution is 6.29. The van der Waals surface area contributed by atoms with E-state index in [9.17, 15) is 4.79 Å². The van der Waals surface area contributed by atoms with Gasteiger partial charge in [-0.05, 0) is 12.1 Å². The number of carbonyl (C=O) groups excluding carboxylic acids is 1. The van der Waals surface area contributed by atoms with Gasteiger partial charge in [-0.1, -0.05) is 11.6 Å². The van der Waals surface area contributed by atoms with Crippen molar-refractivity contribution < 1.29 is 4.79 Å². The van der Waals surface area contributed by atoms with Gasteiger partial charge in [-0.25, -0.2) is 4.98 Å². The largest absolute Gasteiger partial charge is 0.318 e. The molecule has 1 radical (unpaired) electrons. The number of hydrogen-bond donors (Lipinski definition) is 1. The Kier molecular flexibility index (Phi) is 2.23. The third-order valence-electron chi connectivity index (χ3n) is 0.922. The molecule has 3 nitrogen and oxygen atoms in total. The number of halogens is 1. The fourth-order valence-electron chi connectivity index (χ4n) is 0.539. The van der Waals surface area contributed by atoms with Crippen molar-refractivity contribution in [2.75, 3.05) is 5.32 Å². The highest BCUT2D eigenvalue weighted by Crippen LogP contribution is 2.10. The fraction of sp³-hybridized carbons (Fsp3) is 0. The van der Waals surface area contributed by atoms with Gasteiger partial charge in [-0.3, -0.25) is 4.79 Å². The molecule has 0 bridgehead atoms. The first kappa shape index (κ1) is 7.02. The van der Waals surface area contributed by atoms with E-state index in [-0.39, 0.29) is 0 Å². The molecule has 4 heteroatoms. The van der Waals surface area contributed by atoms with Crippen LogP contribution in [-0.4, -0.2) is 11.4 Å². The van der Waals surface area contributed by atoms with Gasteiger partial charge in [0.2, 0.25) is 0 Å². The number of nitrogens with zero attached hydrogens (tertiary/aromatic N) is 1. The Morgan fingerprint density at radius 1 is 1.70 bits per heavy atom. The summed E-state index contributed by atoms with van der Waals surface area (Å²) in [6.45, 7) is 0. The van der Waals surface area contributed by atoms with E-state index < -0.39 is 0 Å². The van der Waals surface area contributed by atoms with Gasteiger partial charge in [0.25, 0.3) is 0 Å². The second-order valence-electron chi connectivity index (χ2n) is 1.59. The summed E-state index contributed by atoms with van der Waals surface area (Å²) < 4.78 is 0. The first-order chi connectivity index (χ1) is 4.83. The van der Waals surface area contributed by atoms with Crippen LogP contribution in [0.15, 0.2) is 18.3 Å². The van der Waals surface area contributed by atoms with Crippen LogP contribution in [0.2, 0.25) is 5.15 Å². The summed E-state index contributed by atoms with van der Waals surface area (Å²) in [6.07, 6.45) is 3.03. The van der Waals surface area contributed by atoms with E-state index in [1.165, 1.54) is 18.7 Å². The summed E-state index contributed by atoms with van der Waals surface area (Å²) in [7, 11) is 0. The molecule has 0 saturated carbocycles. The Balaban J connectivity index is 2.84. The number of aromatic nitrogens is 1. The predicted molar refractivity (Wildman–Crippen MR) is 38.6 cm³/mol. The van der Waals surface area contributed by atoms with E-state index >= 15 is 0 Å². The minimum atomic E-state index is 0.347. The Bertz CT molecular complexity index is 239. The van der Waals surface area contributed by atoms with Crippen LogP contribution in [0.4, 0.5) is 5.69 Å². The molecule has 0 saturated heterocycles. The van der Waals surface area contributed by atoms with Crippen LogP contribution in [0, 0.1) is 0 Å². The van der Waals surface area contributed by atoms with Gasteiger partial charge < -0.3 is 5.32 Å². The molecule has 0 aliphatic rings. The highest BCUT2D eigenvalue weighted by atomic mass is 35.5. The van der Waals surface area contributed by atoms with Crippen LogP contribution in [0.3, 0.4) is 0 Å². The lowest BCUT2D eigenvalue weighted by molar-refractivity contribution is 0.561. The molecule has 0 fully saturated rings. The molecule has 1 amide bonds. The van der Waals surface area contributed by atoms with Crippen molar-refractivity contribution >= 4 is 23.7 Å². The molecule has 0 spiro atoms. The molecular formula is C6H4ClN2O. The lowest BCUT2D eigenvalue weighted by Crippen LogP contribution is -1.92. The number of amides is 1. The molecule has 10 heavy (non-hydrogen) atoms. The summed E-state index contributed by atoms with van der Waals surface area (Å²) in [5, 5.41) is 2.67. The molecule has 0 aliphatic heterocycles. The van der Waals surface area contributed by atoms with Crippen LogP contribution in [0.1, 0.15) is 0 Å². The normalized spacial score (nSPS) is 8.90. The third kappa shape index (κ3) is 1.70. The van der Waals surface area contributed by atoms with Gasteiger partial charge in [0.05, 0.1) is 0 Å². The van der Waals surface area contributed by atoms with Crippen molar-refractivity contribution in [1.29, 1.82) is 0 Å². The quantitative estimate of drug-likeness (QED) is 0.515. The zero-order chi connectivity index (χ0) is 7.40. The van der Waals surface area contributed by atoms with Crippen molar-refractivity contribution in [2.24, 2.45) is 0 Å². The van der Waals surface area contributed by atoms with Gasteiger partial charge in [-0.2, -0.15) is 0 Å². The van der Waals surface area contributed by atoms with Crippen molar-refractivity contribution in [1.82, 2.24) is 4.98 Å². The van der Waals surface area contributed by atoms with E-state index in [0.29, 0.717) is 10.8 Å². The average molecular weight is 156 g/mol. The maximum atomic E-state index is 9.79. The lowest BCUT2D eigenvalue weighted by atomic mass is 10.4. The molecule has 0 unspecified atom stereocenters. The number of hydrogen-bond acceptors (Lipinski definition) is 2. The Morgan fingerprint density at radius 3 is 3.10 bits per heavy atom. The number of nitrogens with one attached hydrogen (secondary N) is 1. The van der Waals surface area contributed by atoms with Gasteiger partial charge >= 0.3 is 6.41 Å². The maximum Gasteiger partial charge on any atom is 0.314 e. The van der Waals surface area contributed by atoms with E-state index in [4.69, 9.17) is 11.6 Å². The Labute approximate surface area is 63.0 Å². The van der Waals surface area contributed by atoms with Crippen LogP contribution in [0.25, 0.3) is 0 Å². The van der Waals surface area contributed by atoms with Crippen LogP contribution in [-0.2, 0) is 4.79 Å².